The van der Waals surface area contributed by atoms with Crippen molar-refractivity contribution in [1.29, 1.82) is 0 Å². The van der Waals surface area contributed by atoms with Crippen LogP contribution in [-0.4, -0.2) is 19.9 Å². The normalized spacial score (nSPS) is 10.4. The lowest BCUT2D eigenvalue weighted by Crippen LogP contribution is -2.00. The predicted octanol–water partition coefficient (Wildman–Crippen LogP) is 0.899. The number of aromatic nitrogens is 3. The van der Waals surface area contributed by atoms with Crippen molar-refractivity contribution in [1.82, 2.24) is 14.8 Å². The van der Waals surface area contributed by atoms with Crippen LogP contribution in [0, 0.1) is 5.82 Å². The molecule has 0 saturated carbocycles. The van der Waals surface area contributed by atoms with Crippen molar-refractivity contribution >= 4 is 0 Å². The van der Waals surface area contributed by atoms with Gasteiger partial charge in [-0.25, -0.2) is 14.1 Å². The molecular formula is C9H8FN3O. The molecule has 0 radical (unpaired) electrons. The van der Waals surface area contributed by atoms with Gasteiger partial charge in [-0.2, -0.15) is 5.10 Å². The minimum absolute atomic E-state index is 0.229. The standard InChI is InChI=1S/C9H8FN3O/c10-8-1-2-9(7(3-8)4-14)13-6-11-5-12-13/h1-3,5-6,14H,4H2. The number of rotatable bonds is 2. The Morgan fingerprint density at radius 1 is 1.43 bits per heavy atom. The maximum Gasteiger partial charge on any atom is 0.138 e. The van der Waals surface area contributed by atoms with Crippen LogP contribution in [0.15, 0.2) is 30.9 Å². The molecule has 72 valence electrons. The molecule has 1 heterocycles. The second-order valence-corrected chi connectivity index (χ2v) is 2.77. The first-order valence-corrected chi connectivity index (χ1v) is 4.05. The fourth-order valence-corrected chi connectivity index (χ4v) is 1.24. The largest absolute Gasteiger partial charge is 0.392 e. The molecule has 5 heteroatoms. The first-order valence-electron chi connectivity index (χ1n) is 4.05. The molecule has 0 fully saturated rings. The molecule has 2 aromatic rings. The van der Waals surface area contributed by atoms with E-state index < -0.39 is 0 Å². The first kappa shape index (κ1) is 8.83. The fraction of sp³-hybridized carbons (Fsp3) is 0.111. The van der Waals surface area contributed by atoms with E-state index in [1.807, 2.05) is 0 Å². The van der Waals surface area contributed by atoms with Crippen LogP contribution in [0.1, 0.15) is 5.56 Å². The van der Waals surface area contributed by atoms with Crippen molar-refractivity contribution in [2.45, 2.75) is 6.61 Å². The molecule has 4 nitrogen and oxygen atoms in total. The van der Waals surface area contributed by atoms with Crippen molar-refractivity contribution < 1.29 is 9.50 Å². The molecule has 0 aliphatic rings. The fourth-order valence-electron chi connectivity index (χ4n) is 1.24. The van der Waals surface area contributed by atoms with E-state index in [0.29, 0.717) is 11.3 Å². The summed E-state index contributed by atoms with van der Waals surface area (Å²) in [5, 5.41) is 12.9. The van der Waals surface area contributed by atoms with Crippen LogP contribution in [-0.2, 0) is 6.61 Å². The molecule has 1 aromatic heterocycles. The third kappa shape index (κ3) is 1.49. The summed E-state index contributed by atoms with van der Waals surface area (Å²) in [6.07, 6.45) is 2.87. The van der Waals surface area contributed by atoms with Gasteiger partial charge in [-0.3, -0.25) is 0 Å². The number of aliphatic hydroxyl groups excluding tert-OH is 1. The van der Waals surface area contributed by atoms with E-state index in [1.54, 1.807) is 6.07 Å². The second-order valence-electron chi connectivity index (χ2n) is 2.77. The minimum atomic E-state index is -0.377. The van der Waals surface area contributed by atoms with Gasteiger partial charge in [-0.1, -0.05) is 0 Å². The van der Waals surface area contributed by atoms with Crippen LogP contribution in [0.25, 0.3) is 5.69 Å². The molecule has 0 spiro atoms. The van der Waals surface area contributed by atoms with Crippen molar-refractivity contribution in [3.8, 4) is 5.69 Å². The lowest BCUT2D eigenvalue weighted by atomic mass is 10.2. The van der Waals surface area contributed by atoms with Gasteiger partial charge in [0.1, 0.15) is 18.5 Å². The highest BCUT2D eigenvalue weighted by Gasteiger charge is 2.05. The van der Waals surface area contributed by atoms with Gasteiger partial charge in [-0.15, -0.1) is 0 Å². The van der Waals surface area contributed by atoms with Gasteiger partial charge in [0.15, 0.2) is 0 Å². The van der Waals surface area contributed by atoms with Crippen molar-refractivity contribution in [3.63, 3.8) is 0 Å². The van der Waals surface area contributed by atoms with Crippen LogP contribution < -0.4 is 0 Å². The summed E-state index contributed by atoms with van der Waals surface area (Å²) >= 11 is 0. The molecule has 14 heavy (non-hydrogen) atoms. The first-order chi connectivity index (χ1) is 6.81. The third-order valence-corrected chi connectivity index (χ3v) is 1.88. The molecule has 0 aliphatic carbocycles. The Bertz CT molecular complexity index is 428. The van der Waals surface area contributed by atoms with Crippen molar-refractivity contribution in [2.75, 3.05) is 0 Å². The Morgan fingerprint density at radius 3 is 2.93 bits per heavy atom. The van der Waals surface area contributed by atoms with E-state index in [4.69, 9.17) is 5.11 Å². The van der Waals surface area contributed by atoms with E-state index >= 15 is 0 Å². The molecule has 0 aliphatic heterocycles. The molecule has 0 bridgehead atoms. The third-order valence-electron chi connectivity index (χ3n) is 1.88. The number of aliphatic hydroxyl groups is 1. The SMILES string of the molecule is OCc1cc(F)ccc1-n1cncn1. The summed E-state index contributed by atoms with van der Waals surface area (Å²) in [6.45, 7) is -0.229. The molecule has 0 amide bonds. The van der Waals surface area contributed by atoms with E-state index in [9.17, 15) is 4.39 Å². The highest BCUT2D eigenvalue weighted by molar-refractivity contribution is 5.39. The Kier molecular flexibility index (Phi) is 2.24. The van der Waals surface area contributed by atoms with Gasteiger partial charge in [-0.05, 0) is 18.2 Å². The maximum absolute atomic E-state index is 12.8. The molecule has 0 atom stereocenters. The summed E-state index contributed by atoms with van der Waals surface area (Å²) in [5.41, 5.74) is 1.11. The number of halogens is 1. The summed E-state index contributed by atoms with van der Waals surface area (Å²) in [6, 6.07) is 4.14. The molecule has 1 aromatic carbocycles. The van der Waals surface area contributed by atoms with Gasteiger partial charge in [0.05, 0.1) is 12.3 Å². The maximum atomic E-state index is 12.8. The van der Waals surface area contributed by atoms with Gasteiger partial charge < -0.3 is 5.11 Å². The lowest BCUT2D eigenvalue weighted by Gasteiger charge is -2.05. The molecular weight excluding hydrogens is 185 g/mol. The van der Waals surface area contributed by atoms with Crippen molar-refractivity contribution in [3.05, 3.63) is 42.2 Å². The zero-order valence-corrected chi connectivity index (χ0v) is 7.26. The van der Waals surface area contributed by atoms with E-state index in [0.717, 1.165) is 0 Å². The summed E-state index contributed by atoms with van der Waals surface area (Å²) in [7, 11) is 0. The average molecular weight is 193 g/mol. The quantitative estimate of drug-likeness (QED) is 0.770. The van der Waals surface area contributed by atoms with Gasteiger partial charge in [0.25, 0.3) is 0 Å². The Labute approximate surface area is 79.6 Å². The molecule has 2 rings (SSSR count). The summed E-state index contributed by atoms with van der Waals surface area (Å²) < 4.78 is 14.3. The number of benzene rings is 1. The number of nitrogens with zero attached hydrogens (tertiary/aromatic N) is 3. The van der Waals surface area contributed by atoms with E-state index in [1.165, 1.54) is 29.5 Å². The van der Waals surface area contributed by atoms with Crippen LogP contribution >= 0.6 is 0 Å². The number of hydrogen-bond donors (Lipinski definition) is 1. The summed E-state index contributed by atoms with van der Waals surface area (Å²) in [5.74, 6) is -0.377. The monoisotopic (exact) mass is 193 g/mol. The van der Waals surface area contributed by atoms with Crippen LogP contribution in [0.5, 0.6) is 0 Å². The zero-order chi connectivity index (χ0) is 9.97. The highest BCUT2D eigenvalue weighted by Crippen LogP contribution is 2.14. The van der Waals surface area contributed by atoms with Gasteiger partial charge in [0.2, 0.25) is 0 Å². The Balaban J connectivity index is 2.53. The van der Waals surface area contributed by atoms with Gasteiger partial charge >= 0.3 is 0 Å². The number of hydrogen-bond acceptors (Lipinski definition) is 3. The minimum Gasteiger partial charge on any atom is -0.392 e. The summed E-state index contributed by atoms with van der Waals surface area (Å²) in [4.78, 5) is 3.77. The van der Waals surface area contributed by atoms with Crippen LogP contribution in [0.3, 0.4) is 0 Å². The topological polar surface area (TPSA) is 50.9 Å². The Hall–Kier alpha value is -1.75. The van der Waals surface area contributed by atoms with Gasteiger partial charge in [0, 0.05) is 5.56 Å². The van der Waals surface area contributed by atoms with E-state index in [-0.39, 0.29) is 12.4 Å². The smallest absolute Gasteiger partial charge is 0.138 e. The Morgan fingerprint density at radius 2 is 2.29 bits per heavy atom. The highest BCUT2D eigenvalue weighted by atomic mass is 19.1. The molecule has 0 unspecified atom stereocenters. The lowest BCUT2D eigenvalue weighted by molar-refractivity contribution is 0.280. The zero-order valence-electron chi connectivity index (χ0n) is 7.26. The predicted molar refractivity (Wildman–Crippen MR) is 47.2 cm³/mol. The van der Waals surface area contributed by atoms with Crippen LogP contribution in [0.2, 0.25) is 0 Å². The van der Waals surface area contributed by atoms with E-state index in [2.05, 4.69) is 10.1 Å². The van der Waals surface area contributed by atoms with Crippen LogP contribution in [0.4, 0.5) is 4.39 Å². The molecule has 1 N–H and O–H groups in total. The second kappa shape index (κ2) is 3.55. The van der Waals surface area contributed by atoms with Crippen molar-refractivity contribution in [2.24, 2.45) is 0 Å². The molecule has 0 saturated heterocycles. The average Bonchev–Trinajstić information content (AvgIpc) is 2.70.